The Labute approximate surface area is 175 Å². The highest BCUT2D eigenvalue weighted by atomic mass is 19.1. The molecule has 2 aliphatic rings. The molecule has 2 saturated heterocycles. The lowest BCUT2D eigenvalue weighted by molar-refractivity contribution is -0.119. The number of rotatable bonds is 8. The van der Waals surface area contributed by atoms with Crippen molar-refractivity contribution in [1.82, 2.24) is 15.6 Å². The minimum absolute atomic E-state index is 0.0875. The number of hydrogen-bond donors (Lipinski definition) is 3. The summed E-state index contributed by atoms with van der Waals surface area (Å²) < 4.78 is 19.4. The van der Waals surface area contributed by atoms with Crippen LogP contribution in [0, 0.1) is 24.2 Å². The van der Waals surface area contributed by atoms with Gasteiger partial charge in [0.2, 0.25) is 5.91 Å². The monoisotopic (exact) mass is 415 g/mol. The third-order valence-electron chi connectivity index (χ3n) is 5.27. The van der Waals surface area contributed by atoms with Crippen LogP contribution in [-0.4, -0.2) is 50.0 Å². The van der Waals surface area contributed by atoms with Gasteiger partial charge >= 0.3 is 5.82 Å². The van der Waals surface area contributed by atoms with Gasteiger partial charge in [0.15, 0.2) is 0 Å². The lowest BCUT2D eigenvalue weighted by atomic mass is 10.0. The molecule has 3 N–H and O–H groups in total. The Hall–Kier alpha value is -2.83. The molecule has 0 bridgehead atoms. The minimum Gasteiger partial charge on any atom is -0.381 e. The van der Waals surface area contributed by atoms with Gasteiger partial charge in [0.05, 0.1) is 31.3 Å². The number of anilines is 1. The summed E-state index contributed by atoms with van der Waals surface area (Å²) in [5.74, 6) is 0.693. The highest BCUT2D eigenvalue weighted by Crippen LogP contribution is 2.16. The van der Waals surface area contributed by atoms with Gasteiger partial charge in [-0.2, -0.15) is 4.85 Å². The van der Waals surface area contributed by atoms with E-state index in [1.54, 1.807) is 6.08 Å². The topological polar surface area (TPSA) is 92.0 Å². The molecular weight excluding hydrogens is 387 g/mol. The van der Waals surface area contributed by atoms with Crippen LogP contribution in [0.1, 0.15) is 24.8 Å². The largest absolute Gasteiger partial charge is 0.381 e. The second-order valence-corrected chi connectivity index (χ2v) is 7.45. The van der Waals surface area contributed by atoms with Crippen LogP contribution in [0.25, 0.3) is 4.85 Å². The fraction of sp³-hybridized carbons (Fsp3) is 0.524. The summed E-state index contributed by atoms with van der Waals surface area (Å²) in [6.07, 6.45) is 7.08. The first-order valence-corrected chi connectivity index (χ1v) is 10.2. The Morgan fingerprint density at radius 1 is 1.43 bits per heavy atom. The molecule has 1 amide bonds. The van der Waals surface area contributed by atoms with Gasteiger partial charge in [-0.1, -0.05) is 0 Å². The standard InChI is InChI=1S/C21H27FN6O2/c1-23-19(26-11-15-4-8-30-9-5-15)3-7-25-13-17-10-20(27-14-18(17)22)28-21(29)16-2-6-24-12-16/h1,3,7,10,14-16,24H,2,4-6,8-9,11-13H2,(H-,25,26,27,28,29)/p+1. The number of halogens is 1. The van der Waals surface area contributed by atoms with Crippen molar-refractivity contribution in [3.63, 3.8) is 0 Å². The van der Waals surface area contributed by atoms with Gasteiger partial charge in [0.1, 0.15) is 18.2 Å². The Bertz CT molecular complexity index is 823. The van der Waals surface area contributed by atoms with Crippen molar-refractivity contribution >= 4 is 17.9 Å². The van der Waals surface area contributed by atoms with Crippen LogP contribution in [0.2, 0.25) is 0 Å². The van der Waals surface area contributed by atoms with Crippen molar-refractivity contribution in [2.75, 3.05) is 38.2 Å². The van der Waals surface area contributed by atoms with Crippen LogP contribution in [0.5, 0.6) is 0 Å². The maximum atomic E-state index is 14.1. The number of aromatic nitrogens is 1. The molecule has 2 aliphatic heterocycles. The Balaban J connectivity index is 1.51. The van der Waals surface area contributed by atoms with E-state index in [-0.39, 0.29) is 18.4 Å². The zero-order valence-corrected chi connectivity index (χ0v) is 16.9. The zero-order valence-electron chi connectivity index (χ0n) is 16.9. The number of ether oxygens (including phenoxy) is 1. The number of nitrogens with zero attached hydrogens (tertiary/aromatic N) is 3. The molecule has 0 aromatic carbocycles. The Morgan fingerprint density at radius 3 is 3.00 bits per heavy atom. The highest BCUT2D eigenvalue weighted by molar-refractivity contribution is 5.92. The smallest absolute Gasteiger partial charge is 0.379 e. The molecule has 3 heterocycles. The third kappa shape index (κ3) is 6.61. The van der Waals surface area contributed by atoms with Gasteiger partial charge in [-0.25, -0.2) is 9.37 Å². The van der Waals surface area contributed by atoms with Gasteiger partial charge in [-0.05, 0) is 31.9 Å². The molecule has 1 aromatic rings. The molecule has 0 aliphatic carbocycles. The maximum Gasteiger partial charge on any atom is 0.379 e. The number of hydrogen-bond acceptors (Lipinski definition) is 6. The van der Waals surface area contributed by atoms with Crippen molar-refractivity contribution < 1.29 is 13.9 Å². The van der Waals surface area contributed by atoms with Crippen LogP contribution >= 0.6 is 0 Å². The van der Waals surface area contributed by atoms with Crippen LogP contribution in [0.15, 0.2) is 29.2 Å². The van der Waals surface area contributed by atoms with E-state index in [1.165, 1.54) is 12.3 Å². The third-order valence-corrected chi connectivity index (χ3v) is 5.27. The van der Waals surface area contributed by atoms with Crippen molar-refractivity contribution in [2.45, 2.75) is 25.8 Å². The van der Waals surface area contributed by atoms with Crippen molar-refractivity contribution in [1.29, 1.82) is 0 Å². The quantitative estimate of drug-likeness (QED) is 0.566. The van der Waals surface area contributed by atoms with E-state index in [2.05, 4.69) is 30.8 Å². The first-order valence-electron chi connectivity index (χ1n) is 10.2. The molecule has 1 aromatic heterocycles. The number of aliphatic imine (C=N–C) groups is 1. The number of allylic oxidation sites excluding steroid dienone is 1. The predicted octanol–water partition coefficient (Wildman–Crippen LogP) is 2.16. The Morgan fingerprint density at radius 2 is 2.27 bits per heavy atom. The lowest BCUT2D eigenvalue weighted by Crippen LogP contribution is -2.26. The molecule has 0 saturated carbocycles. The van der Waals surface area contributed by atoms with E-state index in [0.717, 1.165) is 51.8 Å². The fourth-order valence-electron chi connectivity index (χ4n) is 3.40. The van der Waals surface area contributed by atoms with E-state index in [9.17, 15) is 9.18 Å². The zero-order chi connectivity index (χ0) is 21.2. The molecule has 3 rings (SSSR count). The van der Waals surface area contributed by atoms with Crippen molar-refractivity contribution in [2.24, 2.45) is 16.8 Å². The second-order valence-electron chi connectivity index (χ2n) is 7.45. The molecule has 0 spiro atoms. The molecule has 160 valence electrons. The van der Waals surface area contributed by atoms with E-state index >= 15 is 0 Å². The summed E-state index contributed by atoms with van der Waals surface area (Å²) in [6, 6.07) is 1.51. The molecule has 1 unspecified atom stereocenters. The van der Waals surface area contributed by atoms with Crippen LogP contribution in [0.3, 0.4) is 0 Å². The second kappa shape index (κ2) is 11.4. The summed E-state index contributed by atoms with van der Waals surface area (Å²) in [5, 5.41) is 9.08. The number of amides is 1. The molecule has 0 radical (unpaired) electrons. The number of carbonyl (C=O) groups is 1. The summed E-state index contributed by atoms with van der Waals surface area (Å²) in [7, 11) is 0. The average molecular weight is 415 g/mol. The van der Waals surface area contributed by atoms with Crippen LogP contribution in [-0.2, 0) is 16.1 Å². The van der Waals surface area contributed by atoms with E-state index in [1.807, 2.05) is 0 Å². The average Bonchev–Trinajstić information content (AvgIpc) is 3.31. The number of carbonyl (C=O) groups excluding carboxylic acids is 1. The highest BCUT2D eigenvalue weighted by Gasteiger charge is 2.23. The maximum absolute atomic E-state index is 14.1. The summed E-state index contributed by atoms with van der Waals surface area (Å²) in [5.41, 5.74) is 0.343. The van der Waals surface area contributed by atoms with Gasteiger partial charge < -0.3 is 15.4 Å². The molecule has 9 heteroatoms. The van der Waals surface area contributed by atoms with Crippen LogP contribution in [0.4, 0.5) is 10.2 Å². The molecular formula is C21H28FN6O2+. The van der Waals surface area contributed by atoms with Crippen molar-refractivity contribution in [3.8, 4) is 6.57 Å². The minimum atomic E-state index is -0.474. The first-order chi connectivity index (χ1) is 14.7. The number of pyridine rings is 1. The van der Waals surface area contributed by atoms with E-state index in [0.29, 0.717) is 29.7 Å². The molecule has 1 atom stereocenters. The summed E-state index contributed by atoms with van der Waals surface area (Å²) in [4.78, 5) is 24.1. The molecule has 30 heavy (non-hydrogen) atoms. The number of nitrogens with one attached hydrogen (secondary N) is 3. The molecule has 2 fully saturated rings. The van der Waals surface area contributed by atoms with Gasteiger partial charge in [0, 0.05) is 37.5 Å². The van der Waals surface area contributed by atoms with Crippen LogP contribution < -0.4 is 16.0 Å². The van der Waals surface area contributed by atoms with Gasteiger partial charge in [-0.3, -0.25) is 15.1 Å². The molecule has 8 nitrogen and oxygen atoms in total. The van der Waals surface area contributed by atoms with Gasteiger partial charge in [-0.15, -0.1) is 0 Å². The van der Waals surface area contributed by atoms with E-state index < -0.39 is 5.82 Å². The van der Waals surface area contributed by atoms with E-state index in [4.69, 9.17) is 11.3 Å². The SMILES string of the molecule is C#[N+]C(=CC=NCc1cc(NC(=O)C2CCNC2)ncc1F)NCC1CCOCC1. The fourth-order valence-corrected chi connectivity index (χ4v) is 3.40. The predicted molar refractivity (Wildman–Crippen MR) is 114 cm³/mol. The normalized spacial score (nSPS) is 20.3. The van der Waals surface area contributed by atoms with Gasteiger partial charge in [0.25, 0.3) is 0 Å². The Kier molecular flexibility index (Phi) is 8.30. The summed E-state index contributed by atoms with van der Waals surface area (Å²) >= 11 is 0. The first kappa shape index (κ1) is 21.9. The summed E-state index contributed by atoms with van der Waals surface area (Å²) in [6.45, 7) is 9.33. The van der Waals surface area contributed by atoms with Crippen molar-refractivity contribution in [3.05, 3.63) is 40.4 Å². The lowest BCUT2D eigenvalue weighted by Gasteiger charge is -2.19.